The highest BCUT2D eigenvalue weighted by Crippen LogP contribution is 2.23. The molecule has 0 radical (unpaired) electrons. The summed E-state index contributed by atoms with van der Waals surface area (Å²) in [6.45, 7) is 14.2. The molecule has 0 saturated carbocycles. The van der Waals surface area contributed by atoms with Crippen LogP contribution in [0.5, 0.6) is 0 Å². The maximum Gasteiger partial charge on any atom is 0.0494 e. The predicted molar refractivity (Wildman–Crippen MR) is 70.5 cm³/mol. The van der Waals surface area contributed by atoms with Crippen molar-refractivity contribution in [3.05, 3.63) is 0 Å². The van der Waals surface area contributed by atoms with Crippen LogP contribution in [0.1, 0.15) is 41.5 Å². The molecule has 2 nitrogen and oxygen atoms in total. The number of hydrogen-bond acceptors (Lipinski definition) is 3. The molecular formula is C12H27NOS. The molecule has 0 aliphatic carbocycles. The largest absolute Gasteiger partial charge is 0.396 e. The number of thioether (sulfide) groups is 1. The molecule has 92 valence electrons. The first-order chi connectivity index (χ1) is 6.66. The van der Waals surface area contributed by atoms with Gasteiger partial charge in [0.05, 0.1) is 0 Å². The third-order valence-electron chi connectivity index (χ3n) is 2.12. The van der Waals surface area contributed by atoms with Gasteiger partial charge in [0, 0.05) is 35.1 Å². The van der Waals surface area contributed by atoms with Crippen LogP contribution in [0.2, 0.25) is 0 Å². The Bertz CT molecular complexity index is 175. The first-order valence-corrected chi connectivity index (χ1v) is 6.63. The van der Waals surface area contributed by atoms with E-state index >= 15 is 0 Å². The summed E-state index contributed by atoms with van der Waals surface area (Å²) in [7, 11) is 0. The molecule has 2 N–H and O–H groups in total. The summed E-state index contributed by atoms with van der Waals surface area (Å²) in [4.78, 5) is 0. The number of aliphatic hydroxyl groups excluding tert-OH is 1. The summed E-state index contributed by atoms with van der Waals surface area (Å²) in [6, 6.07) is 0.500. The van der Waals surface area contributed by atoms with Crippen molar-refractivity contribution in [1.82, 2.24) is 5.32 Å². The van der Waals surface area contributed by atoms with Gasteiger partial charge >= 0.3 is 0 Å². The van der Waals surface area contributed by atoms with Gasteiger partial charge in [-0.2, -0.15) is 11.8 Å². The van der Waals surface area contributed by atoms with Crippen LogP contribution < -0.4 is 5.32 Å². The molecule has 0 bridgehead atoms. The lowest BCUT2D eigenvalue weighted by Gasteiger charge is -2.26. The van der Waals surface area contributed by atoms with Crippen molar-refractivity contribution in [2.45, 2.75) is 52.3 Å². The average molecular weight is 233 g/mol. The summed E-state index contributed by atoms with van der Waals surface area (Å²) >= 11 is 1.97. The van der Waals surface area contributed by atoms with Gasteiger partial charge in [-0.3, -0.25) is 0 Å². The van der Waals surface area contributed by atoms with E-state index in [0.29, 0.717) is 10.8 Å². The Balaban J connectivity index is 3.71. The molecule has 0 spiro atoms. The fourth-order valence-electron chi connectivity index (χ4n) is 0.940. The van der Waals surface area contributed by atoms with E-state index in [9.17, 15) is 0 Å². The van der Waals surface area contributed by atoms with Gasteiger partial charge < -0.3 is 10.4 Å². The monoisotopic (exact) mass is 233 g/mol. The molecule has 0 fully saturated rings. The molecule has 0 aromatic rings. The number of nitrogens with one attached hydrogen (secondary N) is 1. The topological polar surface area (TPSA) is 32.3 Å². The molecule has 0 amide bonds. The highest BCUT2D eigenvalue weighted by atomic mass is 32.2. The zero-order valence-corrected chi connectivity index (χ0v) is 11.9. The highest BCUT2D eigenvalue weighted by molar-refractivity contribution is 8.00. The van der Waals surface area contributed by atoms with E-state index in [1.807, 2.05) is 11.8 Å². The smallest absolute Gasteiger partial charge is 0.0494 e. The van der Waals surface area contributed by atoms with Crippen molar-refractivity contribution in [3.8, 4) is 0 Å². The number of rotatable bonds is 6. The van der Waals surface area contributed by atoms with Crippen LogP contribution in [0.25, 0.3) is 0 Å². The van der Waals surface area contributed by atoms with E-state index in [1.54, 1.807) is 0 Å². The molecule has 0 aliphatic rings. The van der Waals surface area contributed by atoms with E-state index in [2.05, 4.69) is 46.9 Å². The Morgan fingerprint density at radius 3 is 2.13 bits per heavy atom. The Morgan fingerprint density at radius 1 is 1.20 bits per heavy atom. The average Bonchev–Trinajstić information content (AvgIpc) is 2.10. The third kappa shape index (κ3) is 9.21. The van der Waals surface area contributed by atoms with Crippen LogP contribution >= 0.6 is 11.8 Å². The second-order valence-corrected chi connectivity index (χ2v) is 7.87. The van der Waals surface area contributed by atoms with Crippen molar-refractivity contribution >= 4 is 11.8 Å². The van der Waals surface area contributed by atoms with Crippen LogP contribution in [-0.4, -0.2) is 34.8 Å². The molecule has 3 heteroatoms. The first kappa shape index (κ1) is 15.3. The summed E-state index contributed by atoms with van der Waals surface area (Å²) in [5, 5.41) is 12.6. The maximum absolute atomic E-state index is 9.12. The van der Waals surface area contributed by atoms with Crippen LogP contribution in [0, 0.1) is 5.41 Å². The van der Waals surface area contributed by atoms with Gasteiger partial charge in [0.1, 0.15) is 0 Å². The lowest BCUT2D eigenvalue weighted by atomic mass is 9.95. The van der Waals surface area contributed by atoms with Gasteiger partial charge in [0.25, 0.3) is 0 Å². The van der Waals surface area contributed by atoms with Crippen LogP contribution in [0.15, 0.2) is 0 Å². The van der Waals surface area contributed by atoms with Gasteiger partial charge in [-0.25, -0.2) is 0 Å². The molecule has 15 heavy (non-hydrogen) atoms. The number of hydrogen-bond donors (Lipinski definition) is 2. The van der Waals surface area contributed by atoms with E-state index in [-0.39, 0.29) is 12.0 Å². The zero-order valence-electron chi connectivity index (χ0n) is 11.1. The molecule has 0 saturated heterocycles. The van der Waals surface area contributed by atoms with Gasteiger partial charge in [-0.15, -0.1) is 0 Å². The number of aliphatic hydroxyl groups is 1. The Morgan fingerprint density at radius 2 is 1.73 bits per heavy atom. The molecule has 0 rings (SSSR count). The molecule has 1 unspecified atom stereocenters. The van der Waals surface area contributed by atoms with E-state index in [1.165, 1.54) is 0 Å². The Hall–Kier alpha value is 0.270. The summed E-state index contributed by atoms with van der Waals surface area (Å²) in [5.41, 5.74) is -0.0132. The van der Waals surface area contributed by atoms with E-state index in [4.69, 9.17) is 5.11 Å². The SMILES string of the molecule is CC(CSC(C)(C)C)NCC(C)(C)CO. The Labute approximate surface area is 99.2 Å². The zero-order chi connectivity index (χ0) is 12.1. The van der Waals surface area contributed by atoms with Gasteiger partial charge in [0.15, 0.2) is 0 Å². The normalized spacial score (nSPS) is 15.4. The van der Waals surface area contributed by atoms with E-state index in [0.717, 1.165) is 12.3 Å². The van der Waals surface area contributed by atoms with E-state index < -0.39 is 0 Å². The molecule has 0 heterocycles. The summed E-state index contributed by atoms with van der Waals surface area (Å²) in [5.74, 6) is 1.12. The fourth-order valence-corrected chi connectivity index (χ4v) is 1.81. The second-order valence-electron chi connectivity index (χ2n) is 6.03. The van der Waals surface area contributed by atoms with Crippen molar-refractivity contribution in [3.63, 3.8) is 0 Å². The second kappa shape index (κ2) is 6.12. The third-order valence-corrected chi connectivity index (χ3v) is 3.66. The molecule has 1 atom stereocenters. The van der Waals surface area contributed by atoms with Crippen molar-refractivity contribution in [1.29, 1.82) is 0 Å². The minimum Gasteiger partial charge on any atom is -0.396 e. The van der Waals surface area contributed by atoms with Gasteiger partial charge in [-0.05, 0) is 6.92 Å². The van der Waals surface area contributed by atoms with Crippen molar-refractivity contribution < 1.29 is 5.11 Å². The lowest BCUT2D eigenvalue weighted by Crippen LogP contribution is -2.38. The fraction of sp³-hybridized carbons (Fsp3) is 1.00. The summed E-state index contributed by atoms with van der Waals surface area (Å²) in [6.07, 6.45) is 0. The minimum absolute atomic E-state index is 0.0132. The minimum atomic E-state index is -0.0132. The highest BCUT2D eigenvalue weighted by Gasteiger charge is 2.18. The molecule has 0 aliphatic heterocycles. The van der Waals surface area contributed by atoms with Gasteiger partial charge in [0.2, 0.25) is 0 Å². The Kier molecular flexibility index (Phi) is 6.23. The maximum atomic E-state index is 9.12. The van der Waals surface area contributed by atoms with Crippen LogP contribution in [-0.2, 0) is 0 Å². The molecular weight excluding hydrogens is 206 g/mol. The van der Waals surface area contributed by atoms with Gasteiger partial charge in [-0.1, -0.05) is 34.6 Å². The van der Waals surface area contributed by atoms with Crippen LogP contribution in [0.4, 0.5) is 0 Å². The standard InChI is InChI=1S/C12H27NOS/c1-10(7-15-11(2,3)4)13-8-12(5,6)9-14/h10,13-14H,7-9H2,1-6H3. The quantitative estimate of drug-likeness (QED) is 0.739. The molecule has 0 aromatic carbocycles. The first-order valence-electron chi connectivity index (χ1n) is 5.64. The van der Waals surface area contributed by atoms with Crippen molar-refractivity contribution in [2.75, 3.05) is 18.9 Å². The predicted octanol–water partition coefficient (Wildman–Crippen LogP) is 2.51. The molecule has 0 aromatic heterocycles. The van der Waals surface area contributed by atoms with Crippen molar-refractivity contribution in [2.24, 2.45) is 5.41 Å². The lowest BCUT2D eigenvalue weighted by molar-refractivity contribution is 0.155. The summed E-state index contributed by atoms with van der Waals surface area (Å²) < 4.78 is 0.336. The van der Waals surface area contributed by atoms with Crippen LogP contribution in [0.3, 0.4) is 0 Å².